The molecule has 0 bridgehead atoms. The van der Waals surface area contributed by atoms with Gasteiger partial charge in [-0.3, -0.25) is 0 Å². The molecule has 0 N–H and O–H groups in total. The molecule has 0 aliphatic heterocycles. The SMILES string of the molecule is C/C(=C\CCn1cccc1)CCCCO[Si](C)(C)C(C)(C)C. The fourth-order valence-electron chi connectivity index (χ4n) is 2.13. The monoisotopic (exact) mass is 321 g/mol. The standard InChI is InChI=1S/C19H35NOSi/c1-18(13-11-16-20-14-8-9-15-20)12-7-10-17-21-22(5,6)19(2,3)4/h8-9,13-15H,7,10-12,16-17H2,1-6H3/b18-13+. The van der Waals surface area contributed by atoms with Crippen molar-refractivity contribution < 1.29 is 4.43 Å². The zero-order valence-corrected chi connectivity index (χ0v) is 16.5. The van der Waals surface area contributed by atoms with Gasteiger partial charge in [-0.2, -0.15) is 0 Å². The zero-order chi connectivity index (χ0) is 16.6. The molecule has 0 aromatic carbocycles. The molecule has 0 radical (unpaired) electrons. The van der Waals surface area contributed by atoms with Crippen LogP contribution in [0.4, 0.5) is 0 Å². The van der Waals surface area contributed by atoms with E-state index in [1.807, 2.05) is 0 Å². The van der Waals surface area contributed by atoms with Crippen LogP contribution in [0.15, 0.2) is 36.2 Å². The van der Waals surface area contributed by atoms with Crippen LogP contribution < -0.4 is 0 Å². The molecule has 0 atom stereocenters. The van der Waals surface area contributed by atoms with Crippen LogP contribution in [-0.2, 0) is 11.0 Å². The van der Waals surface area contributed by atoms with Crippen molar-refractivity contribution in [1.29, 1.82) is 0 Å². The molecule has 0 fully saturated rings. The number of hydrogen-bond donors (Lipinski definition) is 0. The average molecular weight is 322 g/mol. The molecule has 0 saturated heterocycles. The van der Waals surface area contributed by atoms with Gasteiger partial charge in [-0.1, -0.05) is 32.4 Å². The lowest BCUT2D eigenvalue weighted by molar-refractivity contribution is 0.279. The quantitative estimate of drug-likeness (QED) is 0.308. The molecule has 3 heteroatoms. The van der Waals surface area contributed by atoms with Gasteiger partial charge in [0.25, 0.3) is 0 Å². The summed E-state index contributed by atoms with van der Waals surface area (Å²) in [6.45, 7) is 15.8. The second-order valence-electron chi connectivity index (χ2n) is 7.83. The number of nitrogens with zero attached hydrogens (tertiary/aromatic N) is 1. The first-order valence-electron chi connectivity index (χ1n) is 8.63. The van der Waals surface area contributed by atoms with E-state index in [0.717, 1.165) is 19.6 Å². The van der Waals surface area contributed by atoms with Gasteiger partial charge in [0.15, 0.2) is 8.32 Å². The Balaban J connectivity index is 2.13. The van der Waals surface area contributed by atoms with Gasteiger partial charge in [-0.15, -0.1) is 0 Å². The molecule has 0 aliphatic rings. The summed E-state index contributed by atoms with van der Waals surface area (Å²) >= 11 is 0. The summed E-state index contributed by atoms with van der Waals surface area (Å²) in [5.74, 6) is 0. The van der Waals surface area contributed by atoms with E-state index in [4.69, 9.17) is 4.43 Å². The Morgan fingerprint density at radius 1 is 1.14 bits per heavy atom. The van der Waals surface area contributed by atoms with Gasteiger partial charge >= 0.3 is 0 Å². The molecule has 0 spiro atoms. The highest BCUT2D eigenvalue weighted by Crippen LogP contribution is 2.36. The van der Waals surface area contributed by atoms with Gasteiger partial charge in [-0.25, -0.2) is 0 Å². The Labute approximate surface area is 138 Å². The summed E-state index contributed by atoms with van der Waals surface area (Å²) in [5, 5.41) is 0.321. The van der Waals surface area contributed by atoms with E-state index in [2.05, 4.69) is 76.0 Å². The third-order valence-electron chi connectivity index (χ3n) is 4.78. The fourth-order valence-corrected chi connectivity index (χ4v) is 3.22. The van der Waals surface area contributed by atoms with E-state index < -0.39 is 8.32 Å². The van der Waals surface area contributed by atoms with Crippen molar-refractivity contribution in [2.45, 2.75) is 78.1 Å². The van der Waals surface area contributed by atoms with Crippen LogP contribution in [0.25, 0.3) is 0 Å². The molecule has 0 amide bonds. The Hall–Kier alpha value is -0.803. The highest BCUT2D eigenvalue weighted by molar-refractivity contribution is 6.74. The second kappa shape index (κ2) is 8.73. The van der Waals surface area contributed by atoms with Crippen molar-refractivity contribution in [2.24, 2.45) is 0 Å². The zero-order valence-electron chi connectivity index (χ0n) is 15.5. The smallest absolute Gasteiger partial charge is 0.191 e. The first-order chi connectivity index (χ1) is 10.2. The Bertz CT molecular complexity index is 441. The van der Waals surface area contributed by atoms with Crippen LogP contribution in [0.3, 0.4) is 0 Å². The Morgan fingerprint density at radius 2 is 1.77 bits per heavy atom. The summed E-state index contributed by atoms with van der Waals surface area (Å²) in [5.41, 5.74) is 1.51. The number of hydrogen-bond acceptors (Lipinski definition) is 1. The topological polar surface area (TPSA) is 14.2 Å². The third kappa shape index (κ3) is 6.97. The summed E-state index contributed by atoms with van der Waals surface area (Å²) in [6, 6.07) is 4.16. The van der Waals surface area contributed by atoms with Crippen LogP contribution >= 0.6 is 0 Å². The molecule has 0 saturated carbocycles. The van der Waals surface area contributed by atoms with Crippen molar-refractivity contribution in [1.82, 2.24) is 4.57 Å². The lowest BCUT2D eigenvalue weighted by Gasteiger charge is -2.36. The van der Waals surface area contributed by atoms with E-state index in [9.17, 15) is 0 Å². The number of allylic oxidation sites excluding steroid dienone is 2. The molecule has 1 rings (SSSR count). The molecule has 1 heterocycles. The molecule has 1 aromatic rings. The minimum atomic E-state index is -1.55. The third-order valence-corrected chi connectivity index (χ3v) is 9.32. The highest BCUT2D eigenvalue weighted by Gasteiger charge is 2.36. The summed E-state index contributed by atoms with van der Waals surface area (Å²) < 4.78 is 8.45. The first-order valence-corrected chi connectivity index (χ1v) is 11.5. The van der Waals surface area contributed by atoms with Crippen LogP contribution in [-0.4, -0.2) is 19.5 Å². The van der Waals surface area contributed by atoms with E-state index >= 15 is 0 Å². The lowest BCUT2D eigenvalue weighted by Crippen LogP contribution is -2.40. The number of rotatable bonds is 9. The first kappa shape index (κ1) is 19.2. The van der Waals surface area contributed by atoms with E-state index in [1.54, 1.807) is 0 Å². The van der Waals surface area contributed by atoms with Gasteiger partial charge in [0.2, 0.25) is 0 Å². The van der Waals surface area contributed by atoms with Crippen LogP contribution in [0.1, 0.15) is 53.4 Å². The van der Waals surface area contributed by atoms with Crippen molar-refractivity contribution in [3.05, 3.63) is 36.2 Å². The largest absolute Gasteiger partial charge is 0.417 e. The Morgan fingerprint density at radius 3 is 2.36 bits per heavy atom. The predicted octanol–water partition coefficient (Wildman–Crippen LogP) is 6.02. The average Bonchev–Trinajstić information content (AvgIpc) is 2.90. The van der Waals surface area contributed by atoms with Gasteiger partial charge in [0.1, 0.15) is 0 Å². The number of unbranched alkanes of at least 4 members (excludes halogenated alkanes) is 1. The van der Waals surface area contributed by atoms with Gasteiger partial charge in [-0.05, 0) is 62.9 Å². The maximum absolute atomic E-state index is 6.22. The lowest BCUT2D eigenvalue weighted by atomic mass is 10.1. The number of aromatic nitrogens is 1. The van der Waals surface area contributed by atoms with E-state index in [0.29, 0.717) is 5.04 Å². The Kier molecular flexibility index (Phi) is 7.64. The molecule has 126 valence electrons. The van der Waals surface area contributed by atoms with E-state index in [-0.39, 0.29) is 0 Å². The minimum absolute atomic E-state index is 0.321. The summed E-state index contributed by atoms with van der Waals surface area (Å²) in [4.78, 5) is 0. The van der Waals surface area contributed by atoms with Gasteiger partial charge in [0.05, 0.1) is 0 Å². The van der Waals surface area contributed by atoms with Gasteiger partial charge < -0.3 is 8.99 Å². The van der Waals surface area contributed by atoms with Crippen molar-refractivity contribution >= 4 is 8.32 Å². The van der Waals surface area contributed by atoms with E-state index in [1.165, 1.54) is 24.8 Å². The molecule has 22 heavy (non-hydrogen) atoms. The number of aryl methyl sites for hydroxylation is 1. The normalized spacial score (nSPS) is 13.6. The molecular weight excluding hydrogens is 286 g/mol. The van der Waals surface area contributed by atoms with Crippen LogP contribution in [0, 0.1) is 0 Å². The highest BCUT2D eigenvalue weighted by atomic mass is 28.4. The van der Waals surface area contributed by atoms with Crippen LogP contribution in [0.5, 0.6) is 0 Å². The predicted molar refractivity (Wildman–Crippen MR) is 99.8 cm³/mol. The molecule has 0 aliphatic carbocycles. The van der Waals surface area contributed by atoms with Crippen LogP contribution in [0.2, 0.25) is 18.1 Å². The summed E-state index contributed by atoms with van der Waals surface area (Å²) in [6.07, 6.45) is 11.4. The molecule has 2 nitrogen and oxygen atoms in total. The fraction of sp³-hybridized carbons (Fsp3) is 0.684. The van der Waals surface area contributed by atoms with Crippen molar-refractivity contribution in [2.75, 3.05) is 6.61 Å². The minimum Gasteiger partial charge on any atom is -0.417 e. The van der Waals surface area contributed by atoms with Crippen molar-refractivity contribution in [3.8, 4) is 0 Å². The maximum Gasteiger partial charge on any atom is 0.191 e. The molecule has 1 aromatic heterocycles. The maximum atomic E-state index is 6.22. The van der Waals surface area contributed by atoms with Crippen molar-refractivity contribution in [3.63, 3.8) is 0 Å². The second-order valence-corrected chi connectivity index (χ2v) is 12.6. The van der Waals surface area contributed by atoms with Gasteiger partial charge in [0, 0.05) is 25.5 Å². The molecular formula is C19H35NOSi. The summed E-state index contributed by atoms with van der Waals surface area (Å²) in [7, 11) is -1.55. The molecule has 0 unspecified atom stereocenters.